The van der Waals surface area contributed by atoms with Crippen molar-refractivity contribution in [3.8, 4) is 17.1 Å². The van der Waals surface area contributed by atoms with Crippen molar-refractivity contribution in [2.45, 2.75) is 47.5 Å². The number of ether oxygens (including phenoxy) is 1. The number of benzene rings is 2. The Morgan fingerprint density at radius 2 is 1.83 bits per heavy atom. The number of fused-ring (bicyclic) bond motifs is 2. The van der Waals surface area contributed by atoms with E-state index < -0.39 is 0 Å². The molecule has 24 heavy (non-hydrogen) atoms. The number of rotatable bonds is 4. The smallest absolute Gasteiger partial charge is 0.188 e. The molecule has 0 unspecified atom stereocenters. The molecule has 0 amide bonds. The highest BCUT2D eigenvalue weighted by molar-refractivity contribution is 5.84. The number of hydrogen-bond donors (Lipinski definition) is 0. The Morgan fingerprint density at radius 1 is 1.08 bits per heavy atom. The van der Waals surface area contributed by atoms with Crippen LogP contribution in [0.5, 0.6) is 5.75 Å². The highest BCUT2D eigenvalue weighted by Crippen LogP contribution is 2.31. The summed E-state index contributed by atoms with van der Waals surface area (Å²) in [4.78, 5) is 12.1. The van der Waals surface area contributed by atoms with Crippen LogP contribution in [0.1, 0.15) is 44.7 Å². The van der Waals surface area contributed by atoms with Gasteiger partial charge in [0.1, 0.15) is 17.1 Å². The number of unbranched alkanes of at least 4 members (excludes halogenated alkanes) is 1. The molecule has 0 fully saturated rings. The Kier molecular flexibility index (Phi) is 6.02. The zero-order valence-corrected chi connectivity index (χ0v) is 15.2. The first-order chi connectivity index (χ1) is 11.6. The largest absolute Gasteiger partial charge is 0.493 e. The van der Waals surface area contributed by atoms with Crippen molar-refractivity contribution in [2.75, 3.05) is 6.61 Å². The highest BCUT2D eigenvalue weighted by atomic mass is 16.5. The molecular weight excluding hydrogens is 300 g/mol. The summed E-state index contributed by atoms with van der Waals surface area (Å²) in [6, 6.07) is 9.80. The molecule has 1 heterocycles. The van der Waals surface area contributed by atoms with Crippen LogP contribution in [0.15, 0.2) is 39.5 Å². The average Bonchev–Trinajstić information content (AvgIpc) is 2.61. The SMILES string of the molecule is CC.CCCCOc1ccc2cc3cc(C)c(=O)c(C)c-3oc2c1. The minimum atomic E-state index is 0.0472. The minimum absolute atomic E-state index is 0.0472. The maximum Gasteiger partial charge on any atom is 0.188 e. The molecule has 0 atom stereocenters. The summed E-state index contributed by atoms with van der Waals surface area (Å²) in [5.41, 5.74) is 3.16. The molecule has 3 heteroatoms. The van der Waals surface area contributed by atoms with E-state index >= 15 is 0 Å². The minimum Gasteiger partial charge on any atom is -0.493 e. The van der Waals surface area contributed by atoms with Crippen LogP contribution >= 0.6 is 0 Å². The lowest BCUT2D eigenvalue weighted by Gasteiger charge is -2.12. The van der Waals surface area contributed by atoms with Crippen LogP contribution in [0, 0.1) is 13.8 Å². The van der Waals surface area contributed by atoms with Gasteiger partial charge >= 0.3 is 0 Å². The van der Waals surface area contributed by atoms with Crippen molar-refractivity contribution < 1.29 is 9.15 Å². The van der Waals surface area contributed by atoms with Gasteiger partial charge in [-0.15, -0.1) is 0 Å². The molecule has 0 saturated heterocycles. The fourth-order valence-corrected chi connectivity index (χ4v) is 2.65. The summed E-state index contributed by atoms with van der Waals surface area (Å²) in [6.45, 7) is 10.5. The van der Waals surface area contributed by atoms with Gasteiger partial charge in [0, 0.05) is 22.6 Å². The quantitative estimate of drug-likeness (QED) is 0.454. The zero-order chi connectivity index (χ0) is 17.7. The van der Waals surface area contributed by atoms with Gasteiger partial charge < -0.3 is 9.15 Å². The lowest BCUT2D eigenvalue weighted by molar-refractivity contribution is 0.309. The third kappa shape index (κ3) is 3.61. The molecule has 1 aromatic carbocycles. The molecule has 0 spiro atoms. The van der Waals surface area contributed by atoms with E-state index in [1.165, 1.54) is 0 Å². The predicted octanol–water partition coefficient (Wildman–Crippen LogP) is 5.72. The second-order valence-corrected chi connectivity index (χ2v) is 5.71. The standard InChI is InChI=1S/C19H20O3.C2H6/c1-4-5-8-21-16-7-6-14-10-15-9-12(2)18(20)13(3)19(15)22-17(14)11-16;1-2/h6-7,9-11H,4-5,8H2,1-3H3;1-2H3. The molecule has 1 aliphatic carbocycles. The summed E-state index contributed by atoms with van der Waals surface area (Å²) in [5, 5.41) is 1.01. The number of hydrogen-bond acceptors (Lipinski definition) is 3. The van der Waals surface area contributed by atoms with E-state index in [0.29, 0.717) is 17.9 Å². The van der Waals surface area contributed by atoms with Crippen LogP contribution in [0.2, 0.25) is 0 Å². The Hall–Kier alpha value is -2.29. The molecule has 3 nitrogen and oxygen atoms in total. The zero-order valence-electron chi connectivity index (χ0n) is 15.2. The predicted molar refractivity (Wildman–Crippen MR) is 100 cm³/mol. The maximum atomic E-state index is 12.1. The molecule has 0 aromatic heterocycles. The monoisotopic (exact) mass is 326 g/mol. The van der Waals surface area contributed by atoms with Crippen molar-refractivity contribution in [3.05, 3.63) is 51.7 Å². The Bertz CT molecular complexity index is 846. The van der Waals surface area contributed by atoms with Crippen LogP contribution in [-0.2, 0) is 0 Å². The molecule has 1 aliphatic heterocycles. The van der Waals surface area contributed by atoms with E-state index in [1.807, 2.05) is 52.0 Å². The maximum absolute atomic E-state index is 12.1. The van der Waals surface area contributed by atoms with Crippen LogP contribution in [0.4, 0.5) is 0 Å². The molecule has 0 bridgehead atoms. The summed E-state index contributed by atoms with van der Waals surface area (Å²) in [7, 11) is 0. The molecule has 1 aromatic rings. The fraction of sp³-hybridized carbons (Fsp3) is 0.381. The van der Waals surface area contributed by atoms with Gasteiger partial charge in [0.25, 0.3) is 0 Å². The number of aryl methyl sites for hydroxylation is 1. The first kappa shape index (κ1) is 18.1. The highest BCUT2D eigenvalue weighted by Gasteiger charge is 2.14. The van der Waals surface area contributed by atoms with Crippen LogP contribution in [0.3, 0.4) is 0 Å². The topological polar surface area (TPSA) is 39.4 Å². The van der Waals surface area contributed by atoms with Gasteiger partial charge in [0.15, 0.2) is 5.43 Å². The van der Waals surface area contributed by atoms with Crippen LogP contribution in [0.25, 0.3) is 22.3 Å². The van der Waals surface area contributed by atoms with Gasteiger partial charge in [0.2, 0.25) is 0 Å². The van der Waals surface area contributed by atoms with Gasteiger partial charge in [-0.3, -0.25) is 4.79 Å². The summed E-state index contributed by atoms with van der Waals surface area (Å²) in [6.07, 6.45) is 2.14. The average molecular weight is 326 g/mol. The van der Waals surface area contributed by atoms with Gasteiger partial charge in [-0.2, -0.15) is 0 Å². The third-order valence-corrected chi connectivity index (χ3v) is 3.95. The summed E-state index contributed by atoms with van der Waals surface area (Å²) >= 11 is 0. The normalized spacial score (nSPS) is 10.5. The molecule has 2 aliphatic rings. The van der Waals surface area contributed by atoms with Crippen molar-refractivity contribution in [1.29, 1.82) is 0 Å². The second-order valence-electron chi connectivity index (χ2n) is 5.71. The Balaban J connectivity index is 0.00000100. The van der Waals surface area contributed by atoms with E-state index in [2.05, 4.69) is 13.0 Å². The molecule has 0 saturated carbocycles. The molecule has 128 valence electrons. The first-order valence-corrected chi connectivity index (χ1v) is 8.71. The van der Waals surface area contributed by atoms with Crippen molar-refractivity contribution in [3.63, 3.8) is 0 Å². The van der Waals surface area contributed by atoms with Crippen molar-refractivity contribution in [2.24, 2.45) is 0 Å². The molecular formula is C21H26O3. The lowest BCUT2D eigenvalue weighted by Crippen LogP contribution is -2.10. The fourth-order valence-electron chi connectivity index (χ4n) is 2.65. The first-order valence-electron chi connectivity index (χ1n) is 8.71. The molecule has 0 N–H and O–H groups in total. The molecule has 0 radical (unpaired) electrons. The lowest BCUT2D eigenvalue weighted by atomic mass is 10.0. The summed E-state index contributed by atoms with van der Waals surface area (Å²) < 4.78 is 11.7. The van der Waals surface area contributed by atoms with Gasteiger partial charge in [-0.1, -0.05) is 27.2 Å². The van der Waals surface area contributed by atoms with Gasteiger partial charge in [-0.25, -0.2) is 0 Å². The van der Waals surface area contributed by atoms with Crippen molar-refractivity contribution in [1.82, 2.24) is 0 Å². The molecule has 3 rings (SSSR count). The van der Waals surface area contributed by atoms with E-state index in [4.69, 9.17) is 9.15 Å². The van der Waals surface area contributed by atoms with Gasteiger partial charge in [-0.05, 0) is 50.1 Å². The Labute approximate surface area is 143 Å². The summed E-state index contributed by atoms with van der Waals surface area (Å²) in [5.74, 6) is 1.46. The van der Waals surface area contributed by atoms with Crippen molar-refractivity contribution >= 4 is 11.0 Å². The van der Waals surface area contributed by atoms with Crippen LogP contribution < -0.4 is 10.2 Å². The van der Waals surface area contributed by atoms with E-state index in [-0.39, 0.29) is 5.43 Å². The third-order valence-electron chi connectivity index (χ3n) is 3.95. The second kappa shape index (κ2) is 8.00. The van der Waals surface area contributed by atoms with E-state index in [9.17, 15) is 4.79 Å². The Morgan fingerprint density at radius 3 is 2.54 bits per heavy atom. The van der Waals surface area contributed by atoms with Crippen LogP contribution in [-0.4, -0.2) is 6.61 Å². The van der Waals surface area contributed by atoms with E-state index in [0.717, 1.165) is 40.7 Å². The van der Waals surface area contributed by atoms with E-state index in [1.54, 1.807) is 0 Å². The van der Waals surface area contributed by atoms with Gasteiger partial charge in [0.05, 0.1) is 6.61 Å².